The molecule has 1 amide bonds. The summed E-state index contributed by atoms with van der Waals surface area (Å²) >= 11 is 0. The average molecular weight is 436 g/mol. The summed E-state index contributed by atoms with van der Waals surface area (Å²) in [4.78, 5) is 23.9. The standard InChI is InChI=1S/C26H20N4O3/c1-3-23(31)29-16-7-4-8-17(13-16)33-24-15-28-26-25(30-24)21(14-27-26)19-9-5-11-20-18(19)10-6-12-22(20)32-2/h3-15H,1H2,2H3,(H,27,28)(H,29,31). The first kappa shape index (κ1) is 20.3. The van der Waals surface area contributed by atoms with Crippen molar-refractivity contribution in [2.75, 3.05) is 12.4 Å². The van der Waals surface area contributed by atoms with Gasteiger partial charge >= 0.3 is 0 Å². The molecule has 0 bridgehead atoms. The molecule has 3 aromatic carbocycles. The van der Waals surface area contributed by atoms with Crippen LogP contribution in [0.2, 0.25) is 0 Å². The molecule has 2 N–H and O–H groups in total. The van der Waals surface area contributed by atoms with Gasteiger partial charge in [0.2, 0.25) is 11.8 Å². The fourth-order valence-corrected chi connectivity index (χ4v) is 3.78. The average Bonchev–Trinajstić information content (AvgIpc) is 3.26. The SMILES string of the molecule is C=CC(=O)Nc1cccc(Oc2cnc3[nH]cc(-c4cccc5c(OC)cccc45)c3n2)c1. The third kappa shape index (κ3) is 3.87. The van der Waals surface area contributed by atoms with E-state index in [2.05, 4.69) is 27.9 Å². The van der Waals surface area contributed by atoms with Crippen molar-refractivity contribution in [3.63, 3.8) is 0 Å². The zero-order valence-electron chi connectivity index (χ0n) is 17.8. The van der Waals surface area contributed by atoms with Crippen LogP contribution in [0.4, 0.5) is 5.69 Å². The molecule has 0 aliphatic carbocycles. The molecule has 0 saturated carbocycles. The highest BCUT2D eigenvalue weighted by molar-refractivity contribution is 6.05. The molecule has 5 aromatic rings. The fourth-order valence-electron chi connectivity index (χ4n) is 3.78. The first-order valence-electron chi connectivity index (χ1n) is 10.3. The molecule has 0 spiro atoms. The zero-order valence-corrected chi connectivity index (χ0v) is 17.8. The Kier molecular flexibility index (Phi) is 5.20. The Bertz CT molecular complexity index is 1510. The maximum absolute atomic E-state index is 11.6. The monoisotopic (exact) mass is 436 g/mol. The van der Waals surface area contributed by atoms with Gasteiger partial charge in [-0.3, -0.25) is 4.79 Å². The van der Waals surface area contributed by atoms with Gasteiger partial charge in [0.1, 0.15) is 17.0 Å². The van der Waals surface area contributed by atoms with E-state index in [1.807, 2.05) is 36.5 Å². The largest absolute Gasteiger partial charge is 0.496 e. The molecule has 33 heavy (non-hydrogen) atoms. The van der Waals surface area contributed by atoms with Gasteiger partial charge in [0.25, 0.3) is 0 Å². The van der Waals surface area contributed by atoms with Gasteiger partial charge in [-0.05, 0) is 35.2 Å². The highest BCUT2D eigenvalue weighted by Gasteiger charge is 2.14. The second-order valence-corrected chi connectivity index (χ2v) is 7.29. The number of nitrogens with one attached hydrogen (secondary N) is 2. The molecule has 0 atom stereocenters. The maximum Gasteiger partial charge on any atom is 0.247 e. The minimum absolute atomic E-state index is 0.294. The molecule has 0 fully saturated rings. The van der Waals surface area contributed by atoms with Crippen LogP contribution in [0.5, 0.6) is 17.4 Å². The van der Waals surface area contributed by atoms with Crippen LogP contribution in [0.1, 0.15) is 0 Å². The summed E-state index contributed by atoms with van der Waals surface area (Å²) in [6, 6.07) is 19.1. The van der Waals surface area contributed by atoms with E-state index in [1.54, 1.807) is 37.6 Å². The first-order chi connectivity index (χ1) is 16.2. The Morgan fingerprint density at radius 1 is 1.06 bits per heavy atom. The number of carbonyl (C=O) groups is 1. The van der Waals surface area contributed by atoms with Crippen molar-refractivity contribution >= 4 is 33.5 Å². The lowest BCUT2D eigenvalue weighted by Gasteiger charge is -2.10. The van der Waals surface area contributed by atoms with Crippen LogP contribution < -0.4 is 14.8 Å². The van der Waals surface area contributed by atoms with Crippen LogP contribution in [-0.4, -0.2) is 28.0 Å². The molecule has 0 unspecified atom stereocenters. The van der Waals surface area contributed by atoms with Gasteiger partial charge < -0.3 is 19.8 Å². The molecule has 0 aliphatic rings. The van der Waals surface area contributed by atoms with Crippen molar-refractivity contribution in [3.05, 3.63) is 85.7 Å². The van der Waals surface area contributed by atoms with Gasteiger partial charge in [-0.15, -0.1) is 0 Å². The lowest BCUT2D eigenvalue weighted by molar-refractivity contribution is -0.111. The number of benzene rings is 3. The van der Waals surface area contributed by atoms with Crippen LogP contribution in [0, 0.1) is 0 Å². The number of carbonyl (C=O) groups excluding carboxylic acids is 1. The summed E-state index contributed by atoms with van der Waals surface area (Å²) < 4.78 is 11.5. The van der Waals surface area contributed by atoms with E-state index in [0.29, 0.717) is 28.5 Å². The van der Waals surface area contributed by atoms with Gasteiger partial charge in [0.15, 0.2) is 5.65 Å². The van der Waals surface area contributed by atoms with Crippen molar-refractivity contribution in [1.82, 2.24) is 15.0 Å². The molecule has 0 radical (unpaired) electrons. The summed E-state index contributed by atoms with van der Waals surface area (Å²) in [5, 5.41) is 4.78. The lowest BCUT2D eigenvalue weighted by atomic mass is 9.99. The van der Waals surface area contributed by atoms with E-state index in [-0.39, 0.29) is 5.91 Å². The number of ether oxygens (including phenoxy) is 2. The molecule has 5 rings (SSSR count). The Labute approximate surface area is 189 Å². The fraction of sp³-hybridized carbons (Fsp3) is 0.0385. The van der Waals surface area contributed by atoms with Crippen LogP contribution in [0.15, 0.2) is 85.7 Å². The van der Waals surface area contributed by atoms with Gasteiger partial charge in [0.05, 0.1) is 13.3 Å². The van der Waals surface area contributed by atoms with E-state index in [4.69, 9.17) is 14.5 Å². The maximum atomic E-state index is 11.6. The molecule has 0 saturated heterocycles. The van der Waals surface area contributed by atoms with E-state index in [9.17, 15) is 4.79 Å². The molecule has 0 aliphatic heterocycles. The van der Waals surface area contributed by atoms with E-state index in [1.165, 1.54) is 6.08 Å². The molecule has 2 heterocycles. The summed E-state index contributed by atoms with van der Waals surface area (Å²) in [7, 11) is 1.67. The predicted octanol–water partition coefficient (Wildman–Crippen LogP) is 5.70. The Morgan fingerprint density at radius 3 is 2.73 bits per heavy atom. The Hall–Kier alpha value is -4.65. The highest BCUT2D eigenvalue weighted by Crippen LogP contribution is 2.36. The molecular formula is C26H20N4O3. The van der Waals surface area contributed by atoms with Crippen LogP contribution in [-0.2, 0) is 4.79 Å². The number of methoxy groups -OCH3 is 1. The van der Waals surface area contributed by atoms with Gasteiger partial charge in [-0.2, -0.15) is 0 Å². The third-order valence-corrected chi connectivity index (χ3v) is 5.26. The number of aromatic nitrogens is 3. The number of fused-ring (bicyclic) bond motifs is 2. The number of aromatic amines is 1. The van der Waals surface area contributed by atoms with E-state index in [0.717, 1.165) is 27.6 Å². The Morgan fingerprint density at radius 2 is 1.88 bits per heavy atom. The van der Waals surface area contributed by atoms with Crippen molar-refractivity contribution < 1.29 is 14.3 Å². The number of amides is 1. The number of nitrogens with zero attached hydrogens (tertiary/aromatic N) is 2. The quantitative estimate of drug-likeness (QED) is 0.333. The van der Waals surface area contributed by atoms with E-state index >= 15 is 0 Å². The molecule has 2 aromatic heterocycles. The summed E-state index contributed by atoms with van der Waals surface area (Å²) in [5.41, 5.74) is 3.87. The smallest absolute Gasteiger partial charge is 0.247 e. The minimum Gasteiger partial charge on any atom is -0.496 e. The van der Waals surface area contributed by atoms with Crippen LogP contribution in [0.3, 0.4) is 0 Å². The number of anilines is 1. The predicted molar refractivity (Wildman–Crippen MR) is 129 cm³/mol. The third-order valence-electron chi connectivity index (χ3n) is 5.26. The minimum atomic E-state index is -0.294. The summed E-state index contributed by atoms with van der Waals surface area (Å²) in [6.45, 7) is 3.46. The number of hydrogen-bond donors (Lipinski definition) is 2. The number of rotatable bonds is 6. The van der Waals surface area contributed by atoms with Crippen LogP contribution >= 0.6 is 0 Å². The number of H-pyrrole nitrogens is 1. The second kappa shape index (κ2) is 8.47. The first-order valence-corrected chi connectivity index (χ1v) is 10.3. The molecule has 162 valence electrons. The van der Waals surface area contributed by atoms with Crippen molar-refractivity contribution in [2.24, 2.45) is 0 Å². The van der Waals surface area contributed by atoms with Crippen molar-refractivity contribution in [1.29, 1.82) is 0 Å². The van der Waals surface area contributed by atoms with Gasteiger partial charge in [-0.1, -0.05) is 43.0 Å². The second-order valence-electron chi connectivity index (χ2n) is 7.29. The molecular weight excluding hydrogens is 416 g/mol. The lowest BCUT2D eigenvalue weighted by Crippen LogP contribution is -2.07. The van der Waals surface area contributed by atoms with Crippen LogP contribution in [0.25, 0.3) is 33.1 Å². The molecule has 7 nitrogen and oxygen atoms in total. The Balaban J connectivity index is 1.54. The van der Waals surface area contributed by atoms with Crippen molar-refractivity contribution in [2.45, 2.75) is 0 Å². The van der Waals surface area contributed by atoms with E-state index < -0.39 is 0 Å². The summed E-state index contributed by atoms with van der Waals surface area (Å²) in [5.74, 6) is 1.38. The van der Waals surface area contributed by atoms with Gasteiger partial charge in [0, 0.05) is 28.9 Å². The summed E-state index contributed by atoms with van der Waals surface area (Å²) in [6.07, 6.45) is 4.67. The molecule has 7 heteroatoms. The van der Waals surface area contributed by atoms with Gasteiger partial charge in [-0.25, -0.2) is 9.97 Å². The highest BCUT2D eigenvalue weighted by atomic mass is 16.5. The zero-order chi connectivity index (χ0) is 22.8. The normalized spacial score (nSPS) is 10.8. The van der Waals surface area contributed by atoms with Crippen molar-refractivity contribution in [3.8, 4) is 28.5 Å². The number of hydrogen-bond acceptors (Lipinski definition) is 5. The topological polar surface area (TPSA) is 89.1 Å².